The maximum atomic E-state index is 15.2. The molecule has 59 heavy (non-hydrogen) atoms. The predicted octanol–water partition coefficient (Wildman–Crippen LogP) is 9.80. The highest BCUT2D eigenvalue weighted by Gasteiger charge is 2.68. The monoisotopic (exact) mass is 841 g/mol. The van der Waals surface area contributed by atoms with Crippen LogP contribution in [0.1, 0.15) is 36.8 Å². The summed E-state index contributed by atoms with van der Waals surface area (Å²) in [5.74, 6) is -4.99. The van der Waals surface area contributed by atoms with Crippen LogP contribution in [0, 0.1) is 36.0 Å². The molecule has 10 nitrogen and oxygen atoms in total. The topological polar surface area (TPSA) is 125 Å². The van der Waals surface area contributed by atoms with Gasteiger partial charge in [-0.05, 0) is 116 Å². The molecular formula is C46H37Cl2N5O5S. The molecule has 1 saturated carbocycles. The fourth-order valence-electron chi connectivity index (χ4n) is 10.2. The molecule has 4 amide bonds. The van der Waals surface area contributed by atoms with Gasteiger partial charge in [0.15, 0.2) is 0 Å². The van der Waals surface area contributed by atoms with E-state index >= 15 is 4.79 Å². The number of rotatable bonds is 6. The van der Waals surface area contributed by atoms with Crippen molar-refractivity contribution in [2.24, 2.45) is 36.1 Å². The molecule has 4 aliphatic rings. The number of para-hydroxylation sites is 1. The quantitative estimate of drug-likeness (QED) is 0.126. The number of aromatic hydroxyl groups is 1. The molecule has 2 aliphatic heterocycles. The summed E-state index contributed by atoms with van der Waals surface area (Å²) >= 11 is 14.5. The van der Waals surface area contributed by atoms with Crippen molar-refractivity contribution in [3.05, 3.63) is 130 Å². The van der Waals surface area contributed by atoms with Gasteiger partial charge in [-0.15, -0.1) is 11.3 Å². The van der Waals surface area contributed by atoms with Crippen LogP contribution in [0.4, 0.5) is 22.9 Å². The van der Waals surface area contributed by atoms with Crippen molar-refractivity contribution in [1.82, 2.24) is 9.78 Å². The molecule has 10 rings (SSSR count). The second-order valence-corrected chi connectivity index (χ2v) is 18.0. The maximum absolute atomic E-state index is 15.2. The summed E-state index contributed by atoms with van der Waals surface area (Å²) in [5, 5.41) is 21.6. The number of fused-ring (bicyclic) bond motifs is 5. The van der Waals surface area contributed by atoms with Crippen molar-refractivity contribution in [2.45, 2.75) is 32.6 Å². The van der Waals surface area contributed by atoms with Crippen molar-refractivity contribution in [2.75, 3.05) is 15.1 Å². The Bertz CT molecular complexity index is 2820. The second kappa shape index (κ2) is 13.7. The summed E-state index contributed by atoms with van der Waals surface area (Å²) in [5.41, 5.74) is 3.53. The van der Waals surface area contributed by atoms with E-state index in [2.05, 4.69) is 5.32 Å². The number of allylic oxidation sites excluding steroid dienone is 2. The molecule has 296 valence electrons. The van der Waals surface area contributed by atoms with Gasteiger partial charge in [0.1, 0.15) is 17.3 Å². The number of phenols is 1. The minimum atomic E-state index is -1.38. The van der Waals surface area contributed by atoms with Gasteiger partial charge < -0.3 is 10.4 Å². The van der Waals surface area contributed by atoms with E-state index in [1.807, 2.05) is 73.7 Å². The fourth-order valence-corrected chi connectivity index (χ4v) is 11.7. The number of phenolic OH excluding ortho intramolecular Hbond substituents is 1. The van der Waals surface area contributed by atoms with Crippen LogP contribution in [-0.2, 0) is 26.2 Å². The van der Waals surface area contributed by atoms with Crippen molar-refractivity contribution in [3.8, 4) is 16.3 Å². The molecule has 3 fully saturated rings. The number of benzene rings is 4. The molecule has 2 aromatic heterocycles. The summed E-state index contributed by atoms with van der Waals surface area (Å²) < 4.78 is 2.59. The smallest absolute Gasteiger partial charge is 0.242 e. The number of carbonyl (C=O) groups is 4. The number of thiophene rings is 1. The van der Waals surface area contributed by atoms with Gasteiger partial charge in [0.25, 0.3) is 0 Å². The van der Waals surface area contributed by atoms with Crippen LogP contribution in [0.15, 0.2) is 109 Å². The molecule has 4 heterocycles. The molecule has 2 saturated heterocycles. The molecule has 0 radical (unpaired) electrons. The molecule has 0 unspecified atom stereocenters. The van der Waals surface area contributed by atoms with E-state index in [0.717, 1.165) is 37.5 Å². The van der Waals surface area contributed by atoms with Gasteiger partial charge in [-0.25, -0.2) is 4.90 Å². The van der Waals surface area contributed by atoms with Gasteiger partial charge in [0.2, 0.25) is 23.6 Å². The molecule has 4 aromatic carbocycles. The van der Waals surface area contributed by atoms with Gasteiger partial charge in [0.05, 0.1) is 33.7 Å². The van der Waals surface area contributed by atoms with E-state index in [-0.39, 0.29) is 30.4 Å². The summed E-state index contributed by atoms with van der Waals surface area (Å²) in [7, 11) is 1.71. The number of imide groups is 2. The van der Waals surface area contributed by atoms with Gasteiger partial charge in [-0.3, -0.25) is 28.8 Å². The first kappa shape index (κ1) is 37.5. The minimum absolute atomic E-state index is 0.0791. The maximum Gasteiger partial charge on any atom is 0.242 e. The number of anilines is 4. The van der Waals surface area contributed by atoms with Crippen LogP contribution in [-0.4, -0.2) is 38.5 Å². The first-order chi connectivity index (χ1) is 28.3. The van der Waals surface area contributed by atoms with E-state index in [9.17, 15) is 19.5 Å². The van der Waals surface area contributed by atoms with E-state index in [0.29, 0.717) is 32.8 Å². The Labute approximate surface area is 353 Å². The zero-order valence-electron chi connectivity index (χ0n) is 32.1. The first-order valence-electron chi connectivity index (χ1n) is 19.4. The van der Waals surface area contributed by atoms with Crippen LogP contribution in [0.2, 0.25) is 10.0 Å². The highest BCUT2D eigenvalue weighted by molar-refractivity contribution is 7.22. The number of hydrogen-bond donors (Lipinski definition) is 2. The zero-order chi connectivity index (χ0) is 41.1. The summed E-state index contributed by atoms with van der Waals surface area (Å²) in [6.45, 7) is 3.78. The molecule has 0 spiro atoms. The van der Waals surface area contributed by atoms with Gasteiger partial charge in [-0.2, -0.15) is 5.10 Å². The third-order valence-electron chi connectivity index (χ3n) is 13.0. The van der Waals surface area contributed by atoms with Gasteiger partial charge >= 0.3 is 0 Å². The lowest BCUT2D eigenvalue weighted by Gasteiger charge is -2.49. The highest BCUT2D eigenvalue weighted by Crippen LogP contribution is 2.64. The normalized spacial score (nSPS) is 25.0. The van der Waals surface area contributed by atoms with E-state index in [1.54, 1.807) is 60.3 Å². The third-order valence-corrected chi connectivity index (χ3v) is 14.7. The first-order valence-corrected chi connectivity index (χ1v) is 21.0. The van der Waals surface area contributed by atoms with Crippen LogP contribution < -0.4 is 15.1 Å². The summed E-state index contributed by atoms with van der Waals surface area (Å²) in [6, 6.07) is 29.0. The molecule has 6 atom stereocenters. The fraction of sp³-hybridized carbons (Fsp3) is 0.239. The second-order valence-electron chi connectivity index (χ2n) is 16.1. The number of nitrogens with zero attached hydrogens (tertiary/aromatic N) is 4. The Morgan fingerprint density at radius 1 is 0.831 bits per heavy atom. The number of amides is 4. The third kappa shape index (κ3) is 5.62. The number of aromatic nitrogens is 2. The Balaban J connectivity index is 1.03. The lowest BCUT2D eigenvalue weighted by molar-refractivity contribution is -0.131. The Morgan fingerprint density at radius 3 is 2.31 bits per heavy atom. The standard InChI is InChI=1S/C46H37Cl2N5O5S/c1-23-31-19-25(48)10-18-37(31)59-41(23)35-22-38(51(3)50-35)53-43(56)34-21-32-29(40(46(34,2)45(53)58)33-20-24(47)9-17-36(33)54)15-16-30-39(32)44(57)52(42(30)55)28-13-11-27(12-14-28)49-26-7-5-4-6-8-26/h4-15,17-20,22,30,32,34,39-40,49,54H,16,21H2,1-3H3/t30-,32+,34-,39-,40+,46+/m0/s1. The van der Waals surface area contributed by atoms with Crippen LogP contribution in [0.5, 0.6) is 5.75 Å². The molecule has 0 bridgehead atoms. The number of hydrogen-bond acceptors (Lipinski definition) is 8. The van der Waals surface area contributed by atoms with Crippen molar-refractivity contribution < 1.29 is 24.3 Å². The lowest BCUT2D eigenvalue weighted by atomic mass is 9.51. The molecule has 13 heteroatoms. The number of aryl methyl sites for hydroxylation is 2. The molecule has 2 aliphatic carbocycles. The largest absolute Gasteiger partial charge is 0.508 e. The zero-order valence-corrected chi connectivity index (χ0v) is 34.5. The van der Waals surface area contributed by atoms with E-state index in [4.69, 9.17) is 28.3 Å². The SMILES string of the molecule is Cc1c(-c2cc(N3C(=O)[C@@H]4C[C@@H]5C(=CC[C@@H]6C(=O)N(c7ccc(Nc8ccccc8)cc7)C(=O)[C@@H]65)[C@H](c5cc(Cl)ccc5O)[C@]4(C)C3=O)n(C)n2)sc2ccc(Cl)cc12. The number of halogens is 2. The average molecular weight is 843 g/mol. The Hall–Kier alpha value is -5.75. The van der Waals surface area contributed by atoms with Crippen molar-refractivity contribution >= 4 is 91.1 Å². The Morgan fingerprint density at radius 2 is 1.54 bits per heavy atom. The van der Waals surface area contributed by atoms with Crippen molar-refractivity contribution in [3.63, 3.8) is 0 Å². The number of carbonyl (C=O) groups excluding carboxylic acids is 4. The van der Waals surface area contributed by atoms with Crippen LogP contribution in [0.25, 0.3) is 20.7 Å². The van der Waals surface area contributed by atoms with Gasteiger partial charge in [-0.1, -0.05) is 53.1 Å². The van der Waals surface area contributed by atoms with Crippen molar-refractivity contribution in [1.29, 1.82) is 0 Å². The van der Waals surface area contributed by atoms with Gasteiger partial charge in [0, 0.05) is 50.7 Å². The van der Waals surface area contributed by atoms with Crippen LogP contribution >= 0.6 is 34.5 Å². The Kier molecular flexibility index (Phi) is 8.68. The molecular weight excluding hydrogens is 806 g/mol. The molecule has 2 N–H and O–H groups in total. The highest BCUT2D eigenvalue weighted by atomic mass is 35.5. The summed E-state index contributed by atoms with van der Waals surface area (Å²) in [6.07, 6.45) is 2.38. The number of nitrogens with one attached hydrogen (secondary N) is 1. The average Bonchev–Trinajstić information content (AvgIpc) is 3.89. The predicted molar refractivity (Wildman–Crippen MR) is 230 cm³/mol. The molecule has 6 aromatic rings. The van der Waals surface area contributed by atoms with E-state index < -0.39 is 46.8 Å². The lowest BCUT2D eigenvalue weighted by Crippen LogP contribution is -2.49. The summed E-state index contributed by atoms with van der Waals surface area (Å²) in [4.78, 5) is 62.4. The minimum Gasteiger partial charge on any atom is -0.508 e. The van der Waals surface area contributed by atoms with E-state index in [1.165, 1.54) is 15.9 Å². The van der Waals surface area contributed by atoms with Crippen LogP contribution in [0.3, 0.4) is 0 Å².